The van der Waals surface area contributed by atoms with Crippen molar-refractivity contribution in [2.45, 2.75) is 20.1 Å². The lowest BCUT2D eigenvalue weighted by Crippen LogP contribution is -2.03. The van der Waals surface area contributed by atoms with Crippen molar-refractivity contribution in [1.82, 2.24) is 0 Å². The van der Waals surface area contributed by atoms with Crippen LogP contribution in [0.5, 0.6) is 17.2 Å². The summed E-state index contributed by atoms with van der Waals surface area (Å²) in [6.07, 6.45) is 0. The summed E-state index contributed by atoms with van der Waals surface area (Å²) in [4.78, 5) is 0. The summed E-state index contributed by atoms with van der Waals surface area (Å²) in [6.45, 7) is 3.01. The van der Waals surface area contributed by atoms with E-state index in [0.29, 0.717) is 30.3 Å². The molecule has 0 spiro atoms. The van der Waals surface area contributed by atoms with Crippen LogP contribution >= 0.6 is 39.1 Å². The molecule has 0 saturated carbocycles. The maximum Gasteiger partial charge on any atom is 0.162 e. The predicted molar refractivity (Wildman–Crippen MR) is 122 cm³/mol. The Bertz CT molecular complexity index is 1000. The molecule has 3 aromatic carbocycles. The van der Waals surface area contributed by atoms with E-state index in [1.807, 2.05) is 30.3 Å². The van der Waals surface area contributed by atoms with Crippen LogP contribution in [0, 0.1) is 6.92 Å². The second-order valence-electron chi connectivity index (χ2n) is 6.45. The molecule has 0 saturated heterocycles. The Morgan fingerprint density at radius 3 is 2.34 bits per heavy atom. The normalized spacial score (nSPS) is 10.7. The maximum absolute atomic E-state index is 9.68. The molecular formula is C22H20BrCl2NO3. The molecule has 2 N–H and O–H groups in total. The van der Waals surface area contributed by atoms with Crippen LogP contribution in [0.1, 0.15) is 16.7 Å². The van der Waals surface area contributed by atoms with Gasteiger partial charge >= 0.3 is 0 Å². The minimum atomic E-state index is -0.128. The molecule has 0 radical (unpaired) electrons. The van der Waals surface area contributed by atoms with Crippen molar-refractivity contribution in [2.75, 3.05) is 12.4 Å². The number of anilines is 1. The van der Waals surface area contributed by atoms with Crippen LogP contribution in [0.4, 0.5) is 5.69 Å². The van der Waals surface area contributed by atoms with Gasteiger partial charge in [-0.1, -0.05) is 63.4 Å². The molecule has 3 rings (SSSR count). The van der Waals surface area contributed by atoms with Crippen LogP contribution in [0.15, 0.2) is 53.0 Å². The number of methoxy groups -OCH3 is 1. The van der Waals surface area contributed by atoms with Gasteiger partial charge in [0.2, 0.25) is 0 Å². The third-order valence-electron chi connectivity index (χ3n) is 4.48. The van der Waals surface area contributed by atoms with E-state index in [4.69, 9.17) is 32.7 Å². The minimum Gasteiger partial charge on any atom is -0.505 e. The summed E-state index contributed by atoms with van der Waals surface area (Å²) >= 11 is 15.6. The van der Waals surface area contributed by atoms with Crippen molar-refractivity contribution in [2.24, 2.45) is 0 Å². The van der Waals surface area contributed by atoms with Gasteiger partial charge in [-0.3, -0.25) is 0 Å². The van der Waals surface area contributed by atoms with E-state index in [1.54, 1.807) is 19.2 Å². The molecule has 0 unspecified atom stereocenters. The van der Waals surface area contributed by atoms with Crippen molar-refractivity contribution in [3.05, 3.63) is 79.7 Å². The van der Waals surface area contributed by atoms with E-state index in [1.165, 1.54) is 5.56 Å². The number of rotatable bonds is 7. The number of hydrogen-bond acceptors (Lipinski definition) is 4. The Morgan fingerprint density at radius 1 is 1.00 bits per heavy atom. The van der Waals surface area contributed by atoms with Gasteiger partial charge in [-0.15, -0.1) is 0 Å². The summed E-state index contributed by atoms with van der Waals surface area (Å²) in [5.74, 6) is 1.17. The third-order valence-corrected chi connectivity index (χ3v) is 5.79. The van der Waals surface area contributed by atoms with Crippen LogP contribution in [0.3, 0.4) is 0 Å². The molecule has 0 amide bonds. The highest BCUT2D eigenvalue weighted by Crippen LogP contribution is 2.37. The molecule has 0 aliphatic carbocycles. The Kier molecular flexibility index (Phi) is 7.17. The van der Waals surface area contributed by atoms with E-state index in [9.17, 15) is 5.11 Å². The molecule has 0 aliphatic heterocycles. The van der Waals surface area contributed by atoms with Crippen molar-refractivity contribution in [3.63, 3.8) is 0 Å². The highest BCUT2D eigenvalue weighted by Gasteiger charge is 2.12. The second-order valence-corrected chi connectivity index (χ2v) is 8.12. The number of aryl methyl sites for hydroxylation is 1. The lowest BCUT2D eigenvalue weighted by Gasteiger charge is -2.16. The number of phenolic OH excluding ortho intramolecular Hbond substituents is 1. The van der Waals surface area contributed by atoms with E-state index in [2.05, 4.69) is 34.2 Å². The van der Waals surface area contributed by atoms with E-state index in [0.717, 1.165) is 15.6 Å². The standard InChI is InChI=1S/C22H20BrCl2NO3/c1-13-5-3-4-6-14(13)12-29-21-10-17(23)15(7-20(21)28-2)11-26-16-8-18(24)22(27)19(25)9-16/h3-10,26-27H,11-12H2,1-2H3. The monoisotopic (exact) mass is 495 g/mol. The number of hydrogen-bond donors (Lipinski definition) is 2. The average molecular weight is 497 g/mol. The third kappa shape index (κ3) is 5.30. The molecule has 0 aromatic heterocycles. The van der Waals surface area contributed by atoms with Crippen molar-refractivity contribution >= 4 is 44.8 Å². The number of aromatic hydroxyl groups is 1. The van der Waals surface area contributed by atoms with E-state index in [-0.39, 0.29) is 15.8 Å². The lowest BCUT2D eigenvalue weighted by molar-refractivity contribution is 0.283. The molecule has 0 fully saturated rings. The van der Waals surface area contributed by atoms with Gasteiger partial charge in [0.05, 0.1) is 17.2 Å². The highest BCUT2D eigenvalue weighted by atomic mass is 79.9. The topological polar surface area (TPSA) is 50.7 Å². The number of ether oxygens (including phenoxy) is 2. The molecule has 4 nitrogen and oxygen atoms in total. The molecule has 0 atom stereocenters. The SMILES string of the molecule is COc1cc(CNc2cc(Cl)c(O)c(Cl)c2)c(Br)cc1OCc1ccccc1C. The Balaban J connectivity index is 1.75. The molecule has 3 aromatic rings. The Labute approximate surface area is 188 Å². The fourth-order valence-electron chi connectivity index (χ4n) is 2.78. The van der Waals surface area contributed by atoms with Gasteiger partial charge in [0.25, 0.3) is 0 Å². The van der Waals surface area contributed by atoms with Crippen LogP contribution in [-0.4, -0.2) is 12.2 Å². The molecule has 7 heteroatoms. The highest BCUT2D eigenvalue weighted by molar-refractivity contribution is 9.10. The van der Waals surface area contributed by atoms with Gasteiger partial charge in [-0.25, -0.2) is 0 Å². The first-order chi connectivity index (χ1) is 13.9. The van der Waals surface area contributed by atoms with Gasteiger partial charge in [-0.2, -0.15) is 0 Å². The Hall–Kier alpha value is -2.08. The first kappa shape index (κ1) is 21.6. The quantitative estimate of drug-likeness (QED) is 0.347. The van der Waals surface area contributed by atoms with Crippen molar-refractivity contribution in [1.29, 1.82) is 0 Å². The average Bonchev–Trinajstić information content (AvgIpc) is 2.70. The van der Waals surface area contributed by atoms with Crippen LogP contribution in [0.2, 0.25) is 10.0 Å². The second kappa shape index (κ2) is 9.61. The van der Waals surface area contributed by atoms with Crippen LogP contribution in [-0.2, 0) is 13.2 Å². The molecule has 0 bridgehead atoms. The van der Waals surface area contributed by atoms with Gasteiger partial charge in [0, 0.05) is 16.7 Å². The number of phenols is 1. The zero-order valence-corrected chi connectivity index (χ0v) is 19.0. The lowest BCUT2D eigenvalue weighted by atomic mass is 10.1. The van der Waals surface area contributed by atoms with Crippen molar-refractivity contribution in [3.8, 4) is 17.2 Å². The number of benzene rings is 3. The minimum absolute atomic E-state index is 0.128. The number of nitrogens with one attached hydrogen (secondary N) is 1. The van der Waals surface area contributed by atoms with Gasteiger partial charge in [-0.05, 0) is 47.9 Å². The van der Waals surface area contributed by atoms with E-state index < -0.39 is 0 Å². The van der Waals surface area contributed by atoms with Gasteiger partial charge < -0.3 is 19.9 Å². The largest absolute Gasteiger partial charge is 0.505 e. The van der Waals surface area contributed by atoms with Crippen molar-refractivity contribution < 1.29 is 14.6 Å². The van der Waals surface area contributed by atoms with Crippen LogP contribution < -0.4 is 14.8 Å². The fraction of sp³-hybridized carbons (Fsp3) is 0.182. The first-order valence-corrected chi connectivity index (χ1v) is 10.4. The summed E-state index contributed by atoms with van der Waals surface area (Å²) in [5.41, 5.74) is 3.96. The van der Waals surface area contributed by atoms with E-state index >= 15 is 0 Å². The molecule has 29 heavy (non-hydrogen) atoms. The van der Waals surface area contributed by atoms with Gasteiger partial charge in [0.1, 0.15) is 6.61 Å². The van der Waals surface area contributed by atoms with Crippen LogP contribution in [0.25, 0.3) is 0 Å². The Morgan fingerprint density at radius 2 is 1.69 bits per heavy atom. The first-order valence-electron chi connectivity index (χ1n) is 8.84. The maximum atomic E-state index is 9.68. The summed E-state index contributed by atoms with van der Waals surface area (Å²) in [5, 5.41) is 13.3. The molecule has 152 valence electrons. The zero-order valence-electron chi connectivity index (χ0n) is 15.9. The number of halogens is 3. The summed E-state index contributed by atoms with van der Waals surface area (Å²) in [7, 11) is 1.61. The predicted octanol–water partition coefficient (Wildman–Crippen LogP) is 6.97. The smallest absolute Gasteiger partial charge is 0.162 e. The van der Waals surface area contributed by atoms with Gasteiger partial charge in [0.15, 0.2) is 17.2 Å². The summed E-state index contributed by atoms with van der Waals surface area (Å²) in [6, 6.07) is 15.1. The molecule has 0 heterocycles. The summed E-state index contributed by atoms with van der Waals surface area (Å²) < 4.78 is 12.4. The molecular weight excluding hydrogens is 477 g/mol. The fourth-order valence-corrected chi connectivity index (χ4v) is 3.73. The zero-order chi connectivity index (χ0) is 21.0. The molecule has 0 aliphatic rings.